The molecule has 15 heavy (non-hydrogen) atoms. The molecule has 0 heterocycles. The van der Waals surface area contributed by atoms with Gasteiger partial charge in [0.1, 0.15) is 0 Å². The largest absolute Gasteiger partial charge is 0.396 e. The van der Waals surface area contributed by atoms with E-state index >= 15 is 0 Å². The SMILES string of the molecule is C=CCNC(=O)C(C)NCCCCCO. The van der Waals surface area contributed by atoms with Gasteiger partial charge in [-0.15, -0.1) is 6.58 Å². The quantitative estimate of drug-likeness (QED) is 0.385. The van der Waals surface area contributed by atoms with E-state index in [1.165, 1.54) is 0 Å². The van der Waals surface area contributed by atoms with Gasteiger partial charge < -0.3 is 15.7 Å². The van der Waals surface area contributed by atoms with Crippen LogP contribution in [-0.2, 0) is 4.79 Å². The Morgan fingerprint density at radius 2 is 2.20 bits per heavy atom. The lowest BCUT2D eigenvalue weighted by atomic mass is 10.2. The van der Waals surface area contributed by atoms with Gasteiger partial charge in [0.25, 0.3) is 0 Å². The maximum absolute atomic E-state index is 11.4. The lowest BCUT2D eigenvalue weighted by molar-refractivity contribution is -0.122. The number of amides is 1. The van der Waals surface area contributed by atoms with Crippen LogP contribution < -0.4 is 10.6 Å². The zero-order valence-corrected chi connectivity index (χ0v) is 9.46. The Kier molecular flexibility index (Phi) is 9.11. The summed E-state index contributed by atoms with van der Waals surface area (Å²) in [6.07, 6.45) is 4.47. The lowest BCUT2D eigenvalue weighted by Crippen LogP contribution is -2.42. The van der Waals surface area contributed by atoms with Gasteiger partial charge in [0.15, 0.2) is 0 Å². The zero-order valence-electron chi connectivity index (χ0n) is 9.46. The molecule has 4 nitrogen and oxygen atoms in total. The number of hydrogen-bond acceptors (Lipinski definition) is 3. The first-order valence-electron chi connectivity index (χ1n) is 5.45. The molecule has 0 spiro atoms. The number of nitrogens with one attached hydrogen (secondary N) is 2. The van der Waals surface area contributed by atoms with Crippen LogP contribution in [0.1, 0.15) is 26.2 Å². The highest BCUT2D eigenvalue weighted by molar-refractivity contribution is 5.81. The van der Waals surface area contributed by atoms with Gasteiger partial charge in [0, 0.05) is 13.2 Å². The third kappa shape index (κ3) is 8.15. The van der Waals surface area contributed by atoms with E-state index in [0.717, 1.165) is 25.8 Å². The predicted octanol–water partition coefficient (Wildman–Crippen LogP) is 0.429. The van der Waals surface area contributed by atoms with Crippen molar-refractivity contribution in [2.24, 2.45) is 0 Å². The second-order valence-electron chi connectivity index (χ2n) is 3.49. The van der Waals surface area contributed by atoms with Gasteiger partial charge in [0.2, 0.25) is 5.91 Å². The fourth-order valence-corrected chi connectivity index (χ4v) is 1.15. The third-order valence-electron chi connectivity index (χ3n) is 2.10. The molecule has 0 aliphatic heterocycles. The molecule has 0 saturated carbocycles. The zero-order chi connectivity index (χ0) is 11.5. The number of aliphatic hydroxyl groups is 1. The van der Waals surface area contributed by atoms with Crippen LogP contribution in [0.3, 0.4) is 0 Å². The smallest absolute Gasteiger partial charge is 0.237 e. The molecule has 0 aliphatic rings. The number of unbranched alkanes of at least 4 members (excludes halogenated alkanes) is 2. The van der Waals surface area contributed by atoms with E-state index in [2.05, 4.69) is 17.2 Å². The maximum atomic E-state index is 11.4. The van der Waals surface area contributed by atoms with Crippen LogP contribution >= 0.6 is 0 Å². The van der Waals surface area contributed by atoms with Crippen molar-refractivity contribution in [3.8, 4) is 0 Å². The summed E-state index contributed by atoms with van der Waals surface area (Å²) in [5.41, 5.74) is 0. The summed E-state index contributed by atoms with van der Waals surface area (Å²) in [5, 5.41) is 14.4. The first-order valence-corrected chi connectivity index (χ1v) is 5.45. The first-order chi connectivity index (χ1) is 7.22. The summed E-state index contributed by atoms with van der Waals surface area (Å²) in [5.74, 6) is -0.00272. The normalized spacial score (nSPS) is 12.1. The Bertz CT molecular complexity index is 183. The fourth-order valence-electron chi connectivity index (χ4n) is 1.15. The van der Waals surface area contributed by atoms with Gasteiger partial charge in [0.05, 0.1) is 6.04 Å². The van der Waals surface area contributed by atoms with Crippen molar-refractivity contribution < 1.29 is 9.90 Å². The van der Waals surface area contributed by atoms with Gasteiger partial charge in [-0.1, -0.05) is 6.08 Å². The number of rotatable bonds is 9. The average Bonchev–Trinajstić information content (AvgIpc) is 2.25. The molecule has 1 atom stereocenters. The van der Waals surface area contributed by atoms with Crippen LogP contribution in [-0.4, -0.2) is 36.8 Å². The van der Waals surface area contributed by atoms with Crippen molar-refractivity contribution in [1.82, 2.24) is 10.6 Å². The summed E-state index contributed by atoms with van der Waals surface area (Å²) in [4.78, 5) is 11.4. The van der Waals surface area contributed by atoms with Crippen LogP contribution in [0.2, 0.25) is 0 Å². The predicted molar refractivity (Wildman–Crippen MR) is 61.6 cm³/mol. The van der Waals surface area contributed by atoms with Gasteiger partial charge in [-0.3, -0.25) is 4.79 Å². The molecule has 0 aliphatic carbocycles. The minimum Gasteiger partial charge on any atom is -0.396 e. The second kappa shape index (κ2) is 9.68. The van der Waals surface area contributed by atoms with E-state index in [0.29, 0.717) is 6.54 Å². The van der Waals surface area contributed by atoms with E-state index < -0.39 is 0 Å². The summed E-state index contributed by atoms with van der Waals surface area (Å²) in [6, 6.07) is -0.168. The molecule has 0 aromatic heterocycles. The van der Waals surface area contributed by atoms with Crippen LogP contribution in [0.15, 0.2) is 12.7 Å². The molecule has 0 fully saturated rings. The molecule has 0 saturated heterocycles. The van der Waals surface area contributed by atoms with Crippen molar-refractivity contribution in [3.05, 3.63) is 12.7 Å². The van der Waals surface area contributed by atoms with Crippen LogP contribution in [0.25, 0.3) is 0 Å². The highest BCUT2D eigenvalue weighted by Gasteiger charge is 2.09. The molecule has 1 amide bonds. The summed E-state index contributed by atoms with van der Waals surface area (Å²) in [6.45, 7) is 6.93. The number of carbonyl (C=O) groups is 1. The Labute approximate surface area is 91.8 Å². The molecule has 0 rings (SSSR count). The summed E-state index contributed by atoms with van der Waals surface area (Å²) >= 11 is 0. The molecule has 4 heteroatoms. The Morgan fingerprint density at radius 1 is 1.47 bits per heavy atom. The van der Waals surface area contributed by atoms with E-state index in [-0.39, 0.29) is 18.6 Å². The molecule has 88 valence electrons. The van der Waals surface area contributed by atoms with E-state index in [9.17, 15) is 4.79 Å². The van der Waals surface area contributed by atoms with Crippen molar-refractivity contribution in [2.45, 2.75) is 32.2 Å². The van der Waals surface area contributed by atoms with Gasteiger partial charge >= 0.3 is 0 Å². The minimum atomic E-state index is -0.168. The van der Waals surface area contributed by atoms with Crippen LogP contribution in [0.5, 0.6) is 0 Å². The van der Waals surface area contributed by atoms with Gasteiger partial charge in [-0.25, -0.2) is 0 Å². The molecule has 0 aromatic carbocycles. The van der Waals surface area contributed by atoms with Gasteiger partial charge in [-0.2, -0.15) is 0 Å². The monoisotopic (exact) mass is 214 g/mol. The highest BCUT2D eigenvalue weighted by atomic mass is 16.2. The molecular formula is C11H22N2O2. The van der Waals surface area contributed by atoms with E-state index in [1.807, 2.05) is 6.92 Å². The van der Waals surface area contributed by atoms with Crippen molar-refractivity contribution in [1.29, 1.82) is 0 Å². The average molecular weight is 214 g/mol. The van der Waals surface area contributed by atoms with Crippen LogP contribution in [0, 0.1) is 0 Å². The standard InChI is InChI=1S/C11H22N2O2/c1-3-7-13-11(15)10(2)12-8-5-4-6-9-14/h3,10,12,14H,1,4-9H2,2H3,(H,13,15). The van der Waals surface area contributed by atoms with Crippen molar-refractivity contribution >= 4 is 5.91 Å². The molecule has 1 unspecified atom stereocenters. The molecule has 0 radical (unpaired) electrons. The molecule has 0 bridgehead atoms. The second-order valence-corrected chi connectivity index (χ2v) is 3.49. The lowest BCUT2D eigenvalue weighted by Gasteiger charge is -2.12. The molecule has 0 aromatic rings. The fraction of sp³-hybridized carbons (Fsp3) is 0.727. The van der Waals surface area contributed by atoms with Crippen molar-refractivity contribution in [3.63, 3.8) is 0 Å². The van der Waals surface area contributed by atoms with Crippen LogP contribution in [0.4, 0.5) is 0 Å². The number of carbonyl (C=O) groups excluding carboxylic acids is 1. The first kappa shape index (κ1) is 14.1. The number of aliphatic hydroxyl groups excluding tert-OH is 1. The van der Waals surface area contributed by atoms with Gasteiger partial charge in [-0.05, 0) is 32.7 Å². The third-order valence-corrected chi connectivity index (χ3v) is 2.10. The Hall–Kier alpha value is -0.870. The topological polar surface area (TPSA) is 61.4 Å². The maximum Gasteiger partial charge on any atom is 0.237 e. The Morgan fingerprint density at radius 3 is 2.80 bits per heavy atom. The summed E-state index contributed by atoms with van der Waals surface area (Å²) < 4.78 is 0. The van der Waals surface area contributed by atoms with E-state index in [1.54, 1.807) is 6.08 Å². The van der Waals surface area contributed by atoms with E-state index in [4.69, 9.17) is 5.11 Å². The molecule has 3 N–H and O–H groups in total. The Balaban J connectivity index is 3.42. The minimum absolute atomic E-state index is 0.00272. The van der Waals surface area contributed by atoms with Crippen molar-refractivity contribution in [2.75, 3.05) is 19.7 Å². The highest BCUT2D eigenvalue weighted by Crippen LogP contribution is 1.93. The molecular weight excluding hydrogens is 192 g/mol. The summed E-state index contributed by atoms with van der Waals surface area (Å²) in [7, 11) is 0. The number of hydrogen-bond donors (Lipinski definition) is 3.